The lowest BCUT2D eigenvalue weighted by atomic mass is 10.0. The Morgan fingerprint density at radius 2 is 2.19 bits per heavy atom. The van der Waals surface area contributed by atoms with Crippen LogP contribution < -0.4 is 5.32 Å². The maximum absolute atomic E-state index is 4.08. The minimum Gasteiger partial charge on any atom is -0.310 e. The summed E-state index contributed by atoms with van der Waals surface area (Å²) < 4.78 is 1.97. The Morgan fingerprint density at radius 1 is 1.38 bits per heavy atom. The van der Waals surface area contributed by atoms with Gasteiger partial charge in [0.25, 0.3) is 0 Å². The van der Waals surface area contributed by atoms with Gasteiger partial charge in [-0.2, -0.15) is 0 Å². The summed E-state index contributed by atoms with van der Waals surface area (Å²) in [6.07, 6.45) is 5.02. The van der Waals surface area contributed by atoms with Crippen LogP contribution in [0.15, 0.2) is 0 Å². The third-order valence-corrected chi connectivity index (χ3v) is 3.51. The lowest BCUT2D eigenvalue weighted by Crippen LogP contribution is -2.21. The molecule has 16 heavy (non-hydrogen) atoms. The number of nitrogens with one attached hydrogen (secondary N) is 1. The molecule has 5 nitrogen and oxygen atoms in total. The van der Waals surface area contributed by atoms with Crippen LogP contribution in [-0.4, -0.2) is 26.8 Å². The topological polar surface area (TPSA) is 55.6 Å². The second-order valence-corrected chi connectivity index (χ2v) is 4.78. The fourth-order valence-corrected chi connectivity index (χ4v) is 1.97. The van der Waals surface area contributed by atoms with Gasteiger partial charge in [0.15, 0.2) is 5.82 Å². The minimum absolute atomic E-state index is 0.495. The van der Waals surface area contributed by atoms with Crippen LogP contribution in [0.5, 0.6) is 0 Å². The van der Waals surface area contributed by atoms with Crippen LogP contribution in [0.25, 0.3) is 0 Å². The molecule has 2 rings (SSSR count). The normalized spacial score (nSPS) is 17.6. The molecular weight excluding hydrogens is 202 g/mol. The van der Waals surface area contributed by atoms with Gasteiger partial charge >= 0.3 is 0 Å². The standard InChI is InChI=1S/C11H21N5/c1-3-7-12-8-10-13-14-15-16(10)9-11(4-2)5-6-11/h12H,3-9H2,1-2H3. The molecule has 1 heterocycles. The molecule has 1 aliphatic carbocycles. The van der Waals surface area contributed by atoms with Crippen molar-refractivity contribution in [1.29, 1.82) is 0 Å². The smallest absolute Gasteiger partial charge is 0.165 e. The summed E-state index contributed by atoms with van der Waals surface area (Å²) in [5, 5.41) is 15.3. The summed E-state index contributed by atoms with van der Waals surface area (Å²) in [5.41, 5.74) is 0.495. The Hall–Kier alpha value is -0.970. The van der Waals surface area contributed by atoms with Crippen molar-refractivity contribution in [2.75, 3.05) is 6.54 Å². The highest BCUT2D eigenvalue weighted by atomic mass is 15.5. The zero-order valence-corrected chi connectivity index (χ0v) is 10.2. The van der Waals surface area contributed by atoms with Crippen molar-refractivity contribution in [2.45, 2.75) is 52.6 Å². The van der Waals surface area contributed by atoms with Gasteiger partial charge in [0.1, 0.15) is 0 Å². The average Bonchev–Trinajstić information content (AvgIpc) is 2.94. The summed E-state index contributed by atoms with van der Waals surface area (Å²) in [5.74, 6) is 0.966. The average molecular weight is 223 g/mol. The SMILES string of the molecule is CCCNCc1nnnn1CC1(CC)CC1. The van der Waals surface area contributed by atoms with Gasteiger partial charge in [-0.3, -0.25) is 0 Å². The Kier molecular flexibility index (Phi) is 3.53. The molecule has 0 aromatic carbocycles. The highest BCUT2D eigenvalue weighted by molar-refractivity contribution is 4.93. The van der Waals surface area contributed by atoms with Gasteiger partial charge in [0, 0.05) is 0 Å². The van der Waals surface area contributed by atoms with E-state index in [1.54, 1.807) is 0 Å². The van der Waals surface area contributed by atoms with Crippen molar-refractivity contribution >= 4 is 0 Å². The fourth-order valence-electron chi connectivity index (χ4n) is 1.97. The third-order valence-electron chi connectivity index (χ3n) is 3.51. The van der Waals surface area contributed by atoms with Gasteiger partial charge in [-0.25, -0.2) is 4.68 Å². The molecule has 0 bridgehead atoms. The van der Waals surface area contributed by atoms with Crippen molar-refractivity contribution in [3.05, 3.63) is 5.82 Å². The molecule has 0 unspecified atom stereocenters. The van der Waals surface area contributed by atoms with E-state index in [0.29, 0.717) is 5.41 Å². The highest BCUT2D eigenvalue weighted by Gasteiger charge is 2.41. The molecule has 1 aromatic heterocycles. The molecule has 5 heteroatoms. The van der Waals surface area contributed by atoms with Crippen LogP contribution in [0, 0.1) is 5.41 Å². The van der Waals surface area contributed by atoms with Gasteiger partial charge < -0.3 is 5.32 Å². The Bertz CT molecular complexity index is 329. The predicted molar refractivity (Wildman–Crippen MR) is 61.8 cm³/mol. The molecule has 1 fully saturated rings. The Labute approximate surface area is 96.6 Å². The van der Waals surface area contributed by atoms with Crippen molar-refractivity contribution in [2.24, 2.45) is 5.41 Å². The quantitative estimate of drug-likeness (QED) is 0.709. The zero-order valence-electron chi connectivity index (χ0n) is 10.2. The van der Waals surface area contributed by atoms with Crippen LogP contribution >= 0.6 is 0 Å². The van der Waals surface area contributed by atoms with E-state index in [1.807, 2.05) is 4.68 Å². The molecule has 1 N–H and O–H groups in total. The van der Waals surface area contributed by atoms with Crippen molar-refractivity contribution in [3.63, 3.8) is 0 Å². The minimum atomic E-state index is 0.495. The molecular formula is C11H21N5. The fraction of sp³-hybridized carbons (Fsp3) is 0.909. The van der Waals surface area contributed by atoms with E-state index in [0.717, 1.165) is 31.9 Å². The summed E-state index contributed by atoms with van der Waals surface area (Å²) in [6.45, 7) is 7.20. The molecule has 0 aliphatic heterocycles. The van der Waals surface area contributed by atoms with Crippen molar-refractivity contribution < 1.29 is 0 Å². The van der Waals surface area contributed by atoms with E-state index in [1.165, 1.54) is 19.3 Å². The summed E-state index contributed by atoms with van der Waals surface area (Å²) in [6, 6.07) is 0. The first kappa shape index (κ1) is 11.5. The maximum atomic E-state index is 4.08. The first-order chi connectivity index (χ1) is 7.79. The van der Waals surface area contributed by atoms with Gasteiger partial charge in [-0.1, -0.05) is 13.8 Å². The number of aromatic nitrogens is 4. The molecule has 0 atom stereocenters. The van der Waals surface area contributed by atoms with Crippen molar-refractivity contribution in [1.82, 2.24) is 25.5 Å². The summed E-state index contributed by atoms with van der Waals surface area (Å²) in [4.78, 5) is 0. The molecule has 1 aliphatic rings. The molecule has 1 saturated carbocycles. The van der Waals surface area contributed by atoms with E-state index in [9.17, 15) is 0 Å². The lowest BCUT2D eigenvalue weighted by Gasteiger charge is -2.13. The molecule has 0 amide bonds. The van der Waals surface area contributed by atoms with Crippen LogP contribution in [0.2, 0.25) is 0 Å². The van der Waals surface area contributed by atoms with Crippen LogP contribution in [0.1, 0.15) is 45.4 Å². The van der Waals surface area contributed by atoms with Gasteiger partial charge in [-0.15, -0.1) is 5.10 Å². The second-order valence-electron chi connectivity index (χ2n) is 4.78. The van der Waals surface area contributed by atoms with Gasteiger partial charge in [-0.05, 0) is 48.1 Å². The molecule has 0 radical (unpaired) electrons. The Balaban J connectivity index is 1.91. The van der Waals surface area contributed by atoms with Gasteiger partial charge in [0.2, 0.25) is 0 Å². The molecule has 0 saturated heterocycles. The number of tetrazole rings is 1. The number of hydrogen-bond acceptors (Lipinski definition) is 4. The van der Waals surface area contributed by atoms with E-state index in [-0.39, 0.29) is 0 Å². The second kappa shape index (κ2) is 4.91. The summed E-state index contributed by atoms with van der Waals surface area (Å²) in [7, 11) is 0. The lowest BCUT2D eigenvalue weighted by molar-refractivity contribution is 0.369. The van der Waals surface area contributed by atoms with E-state index >= 15 is 0 Å². The molecule has 0 spiro atoms. The van der Waals surface area contributed by atoms with Crippen LogP contribution in [0.4, 0.5) is 0 Å². The monoisotopic (exact) mass is 223 g/mol. The number of rotatable bonds is 7. The highest BCUT2D eigenvalue weighted by Crippen LogP contribution is 2.49. The third kappa shape index (κ3) is 2.58. The van der Waals surface area contributed by atoms with E-state index < -0.39 is 0 Å². The predicted octanol–water partition coefficient (Wildman–Crippen LogP) is 1.36. The van der Waals surface area contributed by atoms with Gasteiger partial charge in [0.05, 0.1) is 13.1 Å². The maximum Gasteiger partial charge on any atom is 0.165 e. The van der Waals surface area contributed by atoms with Crippen molar-refractivity contribution in [3.8, 4) is 0 Å². The molecule has 90 valence electrons. The number of hydrogen-bond donors (Lipinski definition) is 1. The first-order valence-electron chi connectivity index (χ1n) is 6.25. The first-order valence-corrected chi connectivity index (χ1v) is 6.25. The van der Waals surface area contributed by atoms with Crippen LogP contribution in [-0.2, 0) is 13.1 Å². The summed E-state index contributed by atoms with van der Waals surface area (Å²) >= 11 is 0. The number of nitrogens with zero attached hydrogens (tertiary/aromatic N) is 4. The molecule has 1 aromatic rings. The van der Waals surface area contributed by atoms with E-state index in [4.69, 9.17) is 0 Å². The van der Waals surface area contributed by atoms with Crippen LogP contribution in [0.3, 0.4) is 0 Å². The largest absolute Gasteiger partial charge is 0.310 e. The Morgan fingerprint density at radius 3 is 2.81 bits per heavy atom. The van der Waals surface area contributed by atoms with E-state index in [2.05, 4.69) is 34.7 Å². The zero-order chi connectivity index (χ0) is 11.4.